The van der Waals surface area contributed by atoms with Crippen molar-refractivity contribution in [3.8, 4) is 11.5 Å². The summed E-state index contributed by atoms with van der Waals surface area (Å²) in [4.78, 5) is 24.8. The van der Waals surface area contributed by atoms with Gasteiger partial charge in [0.05, 0.1) is 11.8 Å². The fraction of sp³-hybridized carbons (Fsp3) is 0.467. The number of nitrogens with zero attached hydrogens (tertiary/aromatic N) is 1. The van der Waals surface area contributed by atoms with Crippen molar-refractivity contribution in [3.63, 3.8) is 0 Å². The van der Waals surface area contributed by atoms with E-state index in [0.717, 1.165) is 4.90 Å². The lowest BCUT2D eigenvalue weighted by atomic mass is 9.95. The number of hydrogen-bond acceptors (Lipinski definition) is 4. The summed E-state index contributed by atoms with van der Waals surface area (Å²) >= 11 is 0. The van der Waals surface area contributed by atoms with Crippen LogP contribution in [-0.2, 0) is 4.79 Å². The Kier molecular flexibility index (Phi) is 4.02. The first-order valence-corrected chi connectivity index (χ1v) is 7.32. The minimum absolute atomic E-state index is 0.172. The summed E-state index contributed by atoms with van der Waals surface area (Å²) in [5, 5.41) is 0. The van der Waals surface area contributed by atoms with Gasteiger partial charge in [0.15, 0.2) is 11.5 Å². The van der Waals surface area contributed by atoms with Gasteiger partial charge < -0.3 is 20.1 Å². The molecule has 6 nitrogen and oxygen atoms in total. The fourth-order valence-electron chi connectivity index (χ4n) is 2.95. The van der Waals surface area contributed by atoms with Crippen molar-refractivity contribution < 1.29 is 32.2 Å². The molecule has 9 heteroatoms. The number of amides is 2. The van der Waals surface area contributed by atoms with Crippen molar-refractivity contribution >= 4 is 11.8 Å². The molecule has 130 valence electrons. The lowest BCUT2D eigenvalue weighted by Gasteiger charge is -2.21. The molecular formula is C15H15F3N2O4. The number of benzene rings is 1. The maximum absolute atomic E-state index is 13.1. The topological polar surface area (TPSA) is 81.9 Å². The van der Waals surface area contributed by atoms with Crippen LogP contribution in [0.5, 0.6) is 11.5 Å². The van der Waals surface area contributed by atoms with Gasteiger partial charge in [0.2, 0.25) is 5.91 Å². The average molecular weight is 344 g/mol. The largest absolute Gasteiger partial charge is 0.486 e. The number of alkyl halides is 3. The van der Waals surface area contributed by atoms with Crippen LogP contribution in [0.4, 0.5) is 13.2 Å². The zero-order chi connectivity index (χ0) is 17.5. The lowest BCUT2D eigenvalue weighted by molar-refractivity contribution is -0.182. The Bertz CT molecular complexity index is 677. The van der Waals surface area contributed by atoms with E-state index in [2.05, 4.69) is 0 Å². The molecule has 0 aromatic heterocycles. The van der Waals surface area contributed by atoms with Gasteiger partial charge in [-0.25, -0.2) is 0 Å². The smallest absolute Gasteiger partial charge is 0.394 e. The van der Waals surface area contributed by atoms with Crippen molar-refractivity contribution in [2.24, 2.45) is 17.6 Å². The Morgan fingerprint density at radius 3 is 2.38 bits per heavy atom. The van der Waals surface area contributed by atoms with Crippen LogP contribution in [0.3, 0.4) is 0 Å². The van der Waals surface area contributed by atoms with E-state index < -0.39 is 36.4 Å². The van der Waals surface area contributed by atoms with E-state index >= 15 is 0 Å². The van der Waals surface area contributed by atoms with E-state index in [-0.39, 0.29) is 12.1 Å². The molecule has 0 radical (unpaired) electrons. The third-order valence-corrected chi connectivity index (χ3v) is 4.18. The Morgan fingerprint density at radius 2 is 1.79 bits per heavy atom. The van der Waals surface area contributed by atoms with Crippen LogP contribution in [0.2, 0.25) is 0 Å². The number of carbonyl (C=O) groups excluding carboxylic acids is 2. The van der Waals surface area contributed by atoms with Gasteiger partial charge in [-0.2, -0.15) is 13.2 Å². The summed E-state index contributed by atoms with van der Waals surface area (Å²) < 4.78 is 49.9. The van der Waals surface area contributed by atoms with Crippen LogP contribution in [0, 0.1) is 11.8 Å². The van der Waals surface area contributed by atoms with Crippen molar-refractivity contribution in [1.29, 1.82) is 0 Å². The number of nitrogens with two attached hydrogens (primary N) is 1. The highest BCUT2D eigenvalue weighted by Crippen LogP contribution is 2.38. The van der Waals surface area contributed by atoms with Crippen LogP contribution < -0.4 is 15.2 Å². The standard InChI is InChI=1S/C15H15F3N2O4/c16-15(17,18)10-7-20(6-9(10)13(19)21)14(22)8-1-2-11-12(5-8)24-4-3-23-11/h1-2,5,9-10H,3-4,6-7H2,(H2,19,21)/t9-,10-/m1/s1. The number of ether oxygens (including phenoxy) is 2. The van der Waals surface area contributed by atoms with Crippen LogP contribution in [0.15, 0.2) is 18.2 Å². The zero-order valence-electron chi connectivity index (χ0n) is 12.5. The number of carbonyl (C=O) groups is 2. The zero-order valence-corrected chi connectivity index (χ0v) is 12.5. The molecule has 0 bridgehead atoms. The third-order valence-electron chi connectivity index (χ3n) is 4.18. The van der Waals surface area contributed by atoms with Crippen LogP contribution in [0.25, 0.3) is 0 Å². The molecule has 2 aliphatic rings. The second-order valence-corrected chi connectivity index (χ2v) is 5.73. The van der Waals surface area contributed by atoms with Gasteiger partial charge >= 0.3 is 6.18 Å². The van der Waals surface area contributed by atoms with Gasteiger partial charge in [0.25, 0.3) is 5.91 Å². The molecule has 2 heterocycles. The molecule has 1 saturated heterocycles. The second-order valence-electron chi connectivity index (χ2n) is 5.73. The number of rotatable bonds is 2. The van der Waals surface area contributed by atoms with E-state index in [1.165, 1.54) is 18.2 Å². The first-order valence-electron chi connectivity index (χ1n) is 7.32. The summed E-state index contributed by atoms with van der Waals surface area (Å²) in [6.07, 6.45) is -4.60. The average Bonchev–Trinajstić information content (AvgIpc) is 2.99. The summed E-state index contributed by atoms with van der Waals surface area (Å²) in [5.74, 6) is -4.21. The van der Waals surface area contributed by atoms with Crippen molar-refractivity contribution in [3.05, 3.63) is 23.8 Å². The highest BCUT2D eigenvalue weighted by Gasteiger charge is 2.52. The van der Waals surface area contributed by atoms with Gasteiger partial charge in [-0.3, -0.25) is 9.59 Å². The molecule has 2 N–H and O–H groups in total. The monoisotopic (exact) mass is 344 g/mol. The highest BCUT2D eigenvalue weighted by atomic mass is 19.4. The van der Waals surface area contributed by atoms with Crippen LogP contribution >= 0.6 is 0 Å². The molecule has 1 aromatic carbocycles. The predicted octanol–water partition coefficient (Wildman–Crippen LogP) is 1.19. The van der Waals surface area contributed by atoms with Gasteiger partial charge in [-0.05, 0) is 18.2 Å². The molecule has 0 aliphatic carbocycles. The van der Waals surface area contributed by atoms with Gasteiger partial charge in [0, 0.05) is 18.7 Å². The molecule has 2 aliphatic heterocycles. The minimum Gasteiger partial charge on any atom is -0.486 e. The molecule has 0 saturated carbocycles. The fourth-order valence-corrected chi connectivity index (χ4v) is 2.95. The summed E-state index contributed by atoms with van der Waals surface area (Å²) in [6, 6.07) is 4.41. The Morgan fingerprint density at radius 1 is 1.12 bits per heavy atom. The first-order chi connectivity index (χ1) is 11.3. The van der Waals surface area contributed by atoms with Crippen molar-refractivity contribution in [2.45, 2.75) is 6.18 Å². The second kappa shape index (κ2) is 5.88. The highest BCUT2D eigenvalue weighted by molar-refractivity contribution is 5.95. The number of primary amides is 1. The number of likely N-dealkylation sites (tertiary alicyclic amines) is 1. The maximum Gasteiger partial charge on any atom is 0.394 e. The molecule has 2 amide bonds. The van der Waals surface area contributed by atoms with Crippen molar-refractivity contribution in [1.82, 2.24) is 4.90 Å². The maximum atomic E-state index is 13.1. The molecule has 0 spiro atoms. The first kappa shape index (κ1) is 16.4. The quantitative estimate of drug-likeness (QED) is 0.874. The number of fused-ring (bicyclic) bond motifs is 1. The molecule has 0 unspecified atom stereocenters. The number of halogens is 3. The van der Waals surface area contributed by atoms with Gasteiger partial charge in [-0.15, -0.1) is 0 Å². The van der Waals surface area contributed by atoms with E-state index in [9.17, 15) is 22.8 Å². The molecular weight excluding hydrogens is 329 g/mol. The Labute approximate surface area is 135 Å². The lowest BCUT2D eigenvalue weighted by Crippen LogP contribution is -2.37. The van der Waals surface area contributed by atoms with Crippen LogP contribution in [-0.4, -0.2) is 49.2 Å². The minimum atomic E-state index is -4.60. The summed E-state index contributed by atoms with van der Waals surface area (Å²) in [7, 11) is 0. The molecule has 2 atom stereocenters. The van der Waals surface area contributed by atoms with Gasteiger partial charge in [0.1, 0.15) is 13.2 Å². The number of hydrogen-bond donors (Lipinski definition) is 1. The van der Waals surface area contributed by atoms with E-state index in [1.807, 2.05) is 0 Å². The van der Waals surface area contributed by atoms with Crippen LogP contribution in [0.1, 0.15) is 10.4 Å². The van der Waals surface area contributed by atoms with E-state index in [1.54, 1.807) is 0 Å². The predicted molar refractivity (Wildman–Crippen MR) is 75.6 cm³/mol. The molecule has 24 heavy (non-hydrogen) atoms. The third kappa shape index (κ3) is 2.98. The van der Waals surface area contributed by atoms with Gasteiger partial charge in [-0.1, -0.05) is 0 Å². The SMILES string of the molecule is NC(=O)[C@@H]1CN(C(=O)c2ccc3c(c2)OCCO3)C[C@H]1C(F)(F)F. The molecule has 1 aromatic rings. The molecule has 3 rings (SSSR count). The molecule has 1 fully saturated rings. The Hall–Kier alpha value is -2.45. The normalized spacial score (nSPS) is 23.2. The van der Waals surface area contributed by atoms with E-state index in [0.29, 0.717) is 24.7 Å². The van der Waals surface area contributed by atoms with E-state index in [4.69, 9.17) is 15.2 Å². The summed E-state index contributed by atoms with van der Waals surface area (Å²) in [6.45, 7) is -0.231. The Balaban J connectivity index is 1.82. The van der Waals surface area contributed by atoms with Crippen molar-refractivity contribution in [2.75, 3.05) is 26.3 Å². The summed E-state index contributed by atoms with van der Waals surface area (Å²) in [5.41, 5.74) is 5.24.